The molecule has 5 heteroatoms. The molecule has 0 aromatic carbocycles. The SMILES string of the molecule is O=C(c1cc(=O)[nH]c2c1CCCN2)N1CCCC1. The summed E-state index contributed by atoms with van der Waals surface area (Å²) in [5.41, 5.74) is 1.35. The minimum absolute atomic E-state index is 0.0125. The molecule has 96 valence electrons. The Hall–Kier alpha value is -1.78. The van der Waals surface area contributed by atoms with Gasteiger partial charge in [0.1, 0.15) is 5.82 Å². The van der Waals surface area contributed by atoms with Gasteiger partial charge in [0.2, 0.25) is 5.56 Å². The summed E-state index contributed by atoms with van der Waals surface area (Å²) in [6.45, 7) is 2.48. The fourth-order valence-corrected chi connectivity index (χ4v) is 2.76. The summed E-state index contributed by atoms with van der Waals surface area (Å²) in [5, 5.41) is 3.16. The minimum Gasteiger partial charge on any atom is -0.371 e. The highest BCUT2D eigenvalue weighted by atomic mass is 16.2. The Morgan fingerprint density at radius 1 is 1.22 bits per heavy atom. The number of hydrogen-bond acceptors (Lipinski definition) is 3. The van der Waals surface area contributed by atoms with Crippen LogP contribution in [0.4, 0.5) is 5.82 Å². The molecule has 0 spiro atoms. The van der Waals surface area contributed by atoms with Gasteiger partial charge in [-0.15, -0.1) is 0 Å². The number of aromatic amines is 1. The van der Waals surface area contributed by atoms with Gasteiger partial charge in [0, 0.05) is 31.3 Å². The molecule has 18 heavy (non-hydrogen) atoms. The van der Waals surface area contributed by atoms with E-state index in [2.05, 4.69) is 10.3 Å². The Bertz CT molecular complexity index is 530. The molecule has 3 rings (SSSR count). The number of anilines is 1. The van der Waals surface area contributed by atoms with Crippen molar-refractivity contribution in [1.82, 2.24) is 9.88 Å². The predicted octanol–water partition coefficient (Wildman–Crippen LogP) is 0.969. The number of carbonyl (C=O) groups is 1. The second kappa shape index (κ2) is 4.48. The lowest BCUT2D eigenvalue weighted by atomic mass is 10.0. The zero-order valence-corrected chi connectivity index (χ0v) is 10.3. The van der Waals surface area contributed by atoms with Gasteiger partial charge in [-0.1, -0.05) is 0 Å². The fraction of sp³-hybridized carbons (Fsp3) is 0.538. The molecule has 0 bridgehead atoms. The second-order valence-corrected chi connectivity index (χ2v) is 4.93. The first-order valence-corrected chi connectivity index (χ1v) is 6.55. The number of likely N-dealkylation sites (tertiary alicyclic amines) is 1. The topological polar surface area (TPSA) is 65.2 Å². The van der Waals surface area contributed by atoms with Crippen LogP contribution in [0.25, 0.3) is 0 Å². The number of nitrogens with zero attached hydrogens (tertiary/aromatic N) is 1. The number of pyridine rings is 1. The lowest BCUT2D eigenvalue weighted by Gasteiger charge is -2.22. The van der Waals surface area contributed by atoms with Crippen LogP contribution in [0.3, 0.4) is 0 Å². The molecule has 0 radical (unpaired) electrons. The van der Waals surface area contributed by atoms with E-state index in [-0.39, 0.29) is 11.5 Å². The molecule has 1 saturated heterocycles. The smallest absolute Gasteiger partial charge is 0.254 e. The van der Waals surface area contributed by atoms with Crippen LogP contribution in [0.15, 0.2) is 10.9 Å². The van der Waals surface area contributed by atoms with Gasteiger partial charge in [-0.25, -0.2) is 0 Å². The van der Waals surface area contributed by atoms with Crippen molar-refractivity contribution in [3.8, 4) is 0 Å². The molecule has 1 aromatic heterocycles. The van der Waals surface area contributed by atoms with E-state index in [9.17, 15) is 9.59 Å². The summed E-state index contributed by atoms with van der Waals surface area (Å²) < 4.78 is 0. The number of nitrogens with one attached hydrogen (secondary N) is 2. The van der Waals surface area contributed by atoms with Crippen LogP contribution in [0, 0.1) is 0 Å². The molecule has 2 aliphatic heterocycles. The van der Waals surface area contributed by atoms with Gasteiger partial charge in [-0.3, -0.25) is 9.59 Å². The van der Waals surface area contributed by atoms with Crippen molar-refractivity contribution in [2.24, 2.45) is 0 Å². The first kappa shape index (κ1) is 11.3. The number of H-pyrrole nitrogens is 1. The Morgan fingerprint density at radius 2 is 2.00 bits per heavy atom. The monoisotopic (exact) mass is 247 g/mol. The lowest BCUT2D eigenvalue weighted by molar-refractivity contribution is 0.0791. The Morgan fingerprint density at radius 3 is 2.78 bits per heavy atom. The van der Waals surface area contributed by atoms with E-state index in [0.717, 1.165) is 56.7 Å². The number of rotatable bonds is 1. The maximum atomic E-state index is 12.4. The second-order valence-electron chi connectivity index (χ2n) is 4.93. The van der Waals surface area contributed by atoms with E-state index in [1.807, 2.05) is 4.90 Å². The van der Waals surface area contributed by atoms with Crippen molar-refractivity contribution in [3.05, 3.63) is 27.5 Å². The molecule has 2 N–H and O–H groups in total. The standard InChI is InChI=1S/C13H17N3O2/c17-11-8-10(13(18)16-6-1-2-7-16)9-4-3-5-14-12(9)15-11/h8H,1-7H2,(H2,14,15,17). The molecule has 1 amide bonds. The summed E-state index contributed by atoms with van der Waals surface area (Å²) in [6.07, 6.45) is 3.98. The van der Waals surface area contributed by atoms with Crippen LogP contribution in [0.5, 0.6) is 0 Å². The molecular weight excluding hydrogens is 230 g/mol. The molecule has 5 nitrogen and oxygen atoms in total. The van der Waals surface area contributed by atoms with Crippen LogP contribution in [0.2, 0.25) is 0 Å². The Labute approximate surface area is 105 Å². The number of carbonyl (C=O) groups excluding carboxylic acids is 1. The van der Waals surface area contributed by atoms with Gasteiger partial charge < -0.3 is 15.2 Å². The van der Waals surface area contributed by atoms with Crippen molar-refractivity contribution < 1.29 is 4.79 Å². The van der Waals surface area contributed by atoms with E-state index in [4.69, 9.17) is 0 Å². The van der Waals surface area contributed by atoms with Crippen molar-refractivity contribution in [2.45, 2.75) is 25.7 Å². The third kappa shape index (κ3) is 1.89. The maximum Gasteiger partial charge on any atom is 0.254 e. The van der Waals surface area contributed by atoms with E-state index in [1.165, 1.54) is 6.07 Å². The first-order chi connectivity index (χ1) is 8.75. The third-order valence-electron chi connectivity index (χ3n) is 3.68. The van der Waals surface area contributed by atoms with Crippen molar-refractivity contribution >= 4 is 11.7 Å². The van der Waals surface area contributed by atoms with Crippen molar-refractivity contribution in [1.29, 1.82) is 0 Å². The Balaban J connectivity index is 2.02. The molecule has 0 saturated carbocycles. The van der Waals surface area contributed by atoms with Crippen LogP contribution in [-0.2, 0) is 6.42 Å². The minimum atomic E-state index is -0.203. The summed E-state index contributed by atoms with van der Waals surface area (Å²) >= 11 is 0. The van der Waals surface area contributed by atoms with Gasteiger partial charge in [0.05, 0.1) is 5.56 Å². The molecule has 1 fully saturated rings. The summed E-state index contributed by atoms with van der Waals surface area (Å²) in [4.78, 5) is 28.7. The van der Waals surface area contributed by atoms with Crippen LogP contribution >= 0.6 is 0 Å². The first-order valence-electron chi connectivity index (χ1n) is 6.55. The summed E-state index contributed by atoms with van der Waals surface area (Å²) in [5.74, 6) is 0.745. The van der Waals surface area contributed by atoms with E-state index in [0.29, 0.717) is 5.56 Å². The molecule has 1 aromatic rings. The Kier molecular flexibility index (Phi) is 2.81. The van der Waals surface area contributed by atoms with Crippen LogP contribution in [-0.4, -0.2) is 35.4 Å². The number of amides is 1. The average molecular weight is 247 g/mol. The van der Waals surface area contributed by atoms with Gasteiger partial charge >= 0.3 is 0 Å². The van der Waals surface area contributed by atoms with Crippen LogP contribution in [0.1, 0.15) is 35.2 Å². The van der Waals surface area contributed by atoms with Gasteiger partial charge in [0.15, 0.2) is 0 Å². The van der Waals surface area contributed by atoms with Gasteiger partial charge in [0.25, 0.3) is 5.91 Å². The molecule has 2 aliphatic rings. The number of fused-ring (bicyclic) bond motifs is 1. The van der Waals surface area contributed by atoms with Gasteiger partial charge in [-0.2, -0.15) is 0 Å². The average Bonchev–Trinajstić information content (AvgIpc) is 2.90. The van der Waals surface area contributed by atoms with Crippen molar-refractivity contribution in [3.63, 3.8) is 0 Å². The summed E-state index contributed by atoms with van der Waals surface area (Å²) in [6, 6.07) is 1.45. The highest BCUT2D eigenvalue weighted by molar-refractivity contribution is 5.97. The zero-order chi connectivity index (χ0) is 12.5. The lowest BCUT2D eigenvalue weighted by Crippen LogP contribution is -2.31. The van der Waals surface area contributed by atoms with Gasteiger partial charge in [-0.05, 0) is 25.7 Å². The quantitative estimate of drug-likeness (QED) is 0.777. The molecular formula is C13H17N3O2. The highest BCUT2D eigenvalue weighted by Gasteiger charge is 2.25. The normalized spacial score (nSPS) is 18.3. The molecule has 0 unspecified atom stereocenters. The zero-order valence-electron chi connectivity index (χ0n) is 10.3. The van der Waals surface area contributed by atoms with E-state index >= 15 is 0 Å². The summed E-state index contributed by atoms with van der Waals surface area (Å²) in [7, 11) is 0. The van der Waals surface area contributed by atoms with Crippen LogP contribution < -0.4 is 10.9 Å². The molecule has 0 atom stereocenters. The van der Waals surface area contributed by atoms with E-state index < -0.39 is 0 Å². The maximum absolute atomic E-state index is 12.4. The largest absolute Gasteiger partial charge is 0.371 e. The molecule has 3 heterocycles. The number of aromatic nitrogens is 1. The highest BCUT2D eigenvalue weighted by Crippen LogP contribution is 2.23. The van der Waals surface area contributed by atoms with Crippen molar-refractivity contribution in [2.75, 3.05) is 25.0 Å². The molecule has 0 aliphatic carbocycles. The number of hydrogen-bond donors (Lipinski definition) is 2. The van der Waals surface area contributed by atoms with E-state index in [1.54, 1.807) is 0 Å². The third-order valence-corrected chi connectivity index (χ3v) is 3.68. The predicted molar refractivity (Wildman–Crippen MR) is 69.0 cm³/mol. The fourth-order valence-electron chi connectivity index (χ4n) is 2.76.